The number of alkyl halides is 1. The first-order valence-corrected chi connectivity index (χ1v) is 14.2. The van der Waals surface area contributed by atoms with E-state index in [4.69, 9.17) is 0 Å². The third-order valence-corrected chi connectivity index (χ3v) is 6.78. The summed E-state index contributed by atoms with van der Waals surface area (Å²) in [5, 5.41) is 10.5. The second-order valence-corrected chi connectivity index (χ2v) is 10.7. The Kier molecular flexibility index (Phi) is 9.33. The van der Waals surface area contributed by atoms with Crippen molar-refractivity contribution in [2.45, 2.75) is 38.3 Å². The summed E-state index contributed by atoms with van der Waals surface area (Å²) >= 11 is 2.29. The molecular formula is C33H33IN2. The Bertz CT molecular complexity index is 1190. The fraction of sp³-hybridized carbons (Fsp3) is 0.242. The molecule has 3 heteroatoms. The molecule has 0 N–H and O–H groups in total. The summed E-state index contributed by atoms with van der Waals surface area (Å²) < 4.78 is 1.22. The molecule has 0 fully saturated rings. The van der Waals surface area contributed by atoms with Gasteiger partial charge in [0.05, 0.1) is 6.07 Å². The molecule has 0 spiro atoms. The highest BCUT2D eigenvalue weighted by Crippen LogP contribution is 2.50. The van der Waals surface area contributed by atoms with Gasteiger partial charge in [0, 0.05) is 13.1 Å². The van der Waals surface area contributed by atoms with Crippen molar-refractivity contribution in [1.82, 2.24) is 4.90 Å². The maximum absolute atomic E-state index is 10.5. The number of halogens is 1. The Labute approximate surface area is 229 Å². The fourth-order valence-electron chi connectivity index (χ4n) is 5.24. The normalized spacial score (nSPS) is 12.7. The van der Waals surface area contributed by atoms with Crippen LogP contribution in [0.15, 0.2) is 109 Å². The average Bonchev–Trinajstić information content (AvgIpc) is 3.21. The molecule has 0 saturated heterocycles. The highest BCUT2D eigenvalue weighted by Gasteiger charge is 2.42. The maximum atomic E-state index is 10.5. The number of rotatable bonds is 8. The Morgan fingerprint density at radius 3 is 1.56 bits per heavy atom. The van der Waals surface area contributed by atoms with Crippen molar-refractivity contribution < 1.29 is 0 Å². The van der Waals surface area contributed by atoms with Gasteiger partial charge >= 0.3 is 0 Å². The molecule has 0 aromatic heterocycles. The zero-order valence-electron chi connectivity index (χ0n) is 20.9. The summed E-state index contributed by atoms with van der Waals surface area (Å²) in [6.45, 7) is 4.86. The van der Waals surface area contributed by atoms with E-state index in [1.807, 2.05) is 0 Å². The number of nitriles is 1. The molecule has 0 radical (unpaired) electrons. The average molecular weight is 585 g/mol. The molecule has 5 rings (SSSR count). The first kappa shape index (κ1) is 26.1. The van der Waals surface area contributed by atoms with Crippen molar-refractivity contribution in [2.75, 3.05) is 11.0 Å². The summed E-state index contributed by atoms with van der Waals surface area (Å²) in [6, 6.07) is 40.9. The highest BCUT2D eigenvalue weighted by atomic mass is 127. The van der Waals surface area contributed by atoms with Gasteiger partial charge in [-0.1, -0.05) is 139 Å². The molecule has 2 nitrogen and oxygen atoms in total. The first-order valence-electron chi connectivity index (χ1n) is 12.7. The first-order chi connectivity index (χ1) is 17.7. The van der Waals surface area contributed by atoms with Crippen LogP contribution >= 0.6 is 22.6 Å². The van der Waals surface area contributed by atoms with E-state index in [1.54, 1.807) is 0 Å². The number of nitrogens with zero attached hydrogens (tertiary/aromatic N) is 2. The predicted molar refractivity (Wildman–Crippen MR) is 159 cm³/mol. The lowest BCUT2D eigenvalue weighted by Gasteiger charge is -2.27. The van der Waals surface area contributed by atoms with Gasteiger partial charge in [0.15, 0.2) is 0 Å². The van der Waals surface area contributed by atoms with Crippen molar-refractivity contribution >= 4 is 22.6 Å². The minimum atomic E-state index is -0.571. The molecule has 0 unspecified atom stereocenters. The van der Waals surface area contributed by atoms with Crippen molar-refractivity contribution in [1.29, 1.82) is 5.26 Å². The van der Waals surface area contributed by atoms with Crippen LogP contribution in [0.5, 0.6) is 0 Å². The van der Waals surface area contributed by atoms with E-state index in [0.29, 0.717) is 0 Å². The zero-order valence-corrected chi connectivity index (χ0v) is 23.1. The predicted octanol–water partition coefficient (Wildman–Crippen LogP) is 8.40. The molecule has 182 valence electrons. The van der Waals surface area contributed by atoms with Crippen LogP contribution in [0.3, 0.4) is 0 Å². The molecule has 4 aromatic rings. The van der Waals surface area contributed by atoms with Crippen LogP contribution in [-0.2, 0) is 18.5 Å². The fourth-order valence-corrected chi connectivity index (χ4v) is 5.24. The lowest BCUT2D eigenvalue weighted by Crippen LogP contribution is -2.28. The van der Waals surface area contributed by atoms with Gasteiger partial charge in [-0.3, -0.25) is 4.90 Å². The van der Waals surface area contributed by atoms with E-state index in [9.17, 15) is 5.26 Å². The summed E-state index contributed by atoms with van der Waals surface area (Å²) in [5.41, 5.74) is 6.80. The van der Waals surface area contributed by atoms with Crippen LogP contribution in [0.25, 0.3) is 11.1 Å². The number of fused-ring (bicyclic) bond motifs is 3. The van der Waals surface area contributed by atoms with E-state index >= 15 is 0 Å². The van der Waals surface area contributed by atoms with E-state index < -0.39 is 5.41 Å². The molecule has 0 saturated carbocycles. The van der Waals surface area contributed by atoms with E-state index in [1.165, 1.54) is 26.7 Å². The maximum Gasteiger partial charge on any atom is 0.108 e. The van der Waals surface area contributed by atoms with Gasteiger partial charge in [0.2, 0.25) is 0 Å². The van der Waals surface area contributed by atoms with Crippen molar-refractivity contribution in [3.8, 4) is 17.2 Å². The summed E-state index contributed by atoms with van der Waals surface area (Å²) in [5.74, 6) is 0. The molecule has 1 aliphatic rings. The van der Waals surface area contributed by atoms with Crippen LogP contribution in [0.4, 0.5) is 0 Å². The minimum absolute atomic E-state index is 0.571. The van der Waals surface area contributed by atoms with Crippen LogP contribution in [0, 0.1) is 11.3 Å². The van der Waals surface area contributed by atoms with Crippen LogP contribution < -0.4 is 0 Å². The number of benzene rings is 4. The molecule has 0 amide bonds. The summed E-state index contributed by atoms with van der Waals surface area (Å²) in [4.78, 5) is 2.50. The van der Waals surface area contributed by atoms with Crippen LogP contribution in [-0.4, -0.2) is 15.9 Å². The largest absolute Gasteiger partial charge is 0.295 e. The van der Waals surface area contributed by atoms with Gasteiger partial charge in [0.25, 0.3) is 0 Å². The smallest absolute Gasteiger partial charge is 0.108 e. The Morgan fingerprint density at radius 1 is 0.694 bits per heavy atom. The molecule has 36 heavy (non-hydrogen) atoms. The van der Waals surface area contributed by atoms with Crippen molar-refractivity contribution in [3.63, 3.8) is 0 Å². The molecule has 0 bridgehead atoms. The second kappa shape index (κ2) is 12.9. The lowest BCUT2D eigenvalue weighted by atomic mass is 9.76. The Balaban J connectivity index is 0.000000967. The lowest BCUT2D eigenvalue weighted by molar-refractivity contribution is 0.247. The van der Waals surface area contributed by atoms with Crippen molar-refractivity contribution in [2.24, 2.45) is 0 Å². The molecule has 0 heterocycles. The molecule has 0 aliphatic heterocycles. The van der Waals surface area contributed by atoms with Gasteiger partial charge in [-0.25, -0.2) is 0 Å². The molecular weight excluding hydrogens is 551 g/mol. The van der Waals surface area contributed by atoms with Crippen LogP contribution in [0.1, 0.15) is 42.0 Å². The van der Waals surface area contributed by atoms with Crippen LogP contribution in [0.2, 0.25) is 0 Å². The molecule has 1 aliphatic carbocycles. The van der Waals surface area contributed by atoms with Crippen molar-refractivity contribution in [3.05, 3.63) is 131 Å². The third kappa shape index (κ3) is 5.88. The summed E-state index contributed by atoms with van der Waals surface area (Å²) in [6.07, 6.45) is 1.77. The Morgan fingerprint density at radius 2 is 1.11 bits per heavy atom. The topological polar surface area (TPSA) is 27.0 Å². The highest BCUT2D eigenvalue weighted by molar-refractivity contribution is 14.1. The van der Waals surface area contributed by atoms with Gasteiger partial charge in [0.1, 0.15) is 5.41 Å². The van der Waals surface area contributed by atoms with E-state index in [2.05, 4.69) is 150 Å². The number of hydrogen-bond acceptors (Lipinski definition) is 2. The Hall–Kier alpha value is -2.94. The summed E-state index contributed by atoms with van der Waals surface area (Å²) in [7, 11) is 0. The van der Waals surface area contributed by atoms with E-state index in [0.717, 1.165) is 43.6 Å². The van der Waals surface area contributed by atoms with Gasteiger partial charge in [-0.05, 0) is 57.2 Å². The molecule has 0 atom stereocenters. The van der Waals surface area contributed by atoms with Gasteiger partial charge in [-0.15, -0.1) is 0 Å². The zero-order chi connectivity index (χ0) is 25.2. The van der Waals surface area contributed by atoms with E-state index in [-0.39, 0.29) is 0 Å². The number of hydrogen-bond donors (Lipinski definition) is 0. The van der Waals surface area contributed by atoms with Gasteiger partial charge in [-0.2, -0.15) is 5.26 Å². The SMILES string of the molecule is CCI.N#CC1(CCCN(Cc2ccccc2)Cc2ccccc2)c2ccccc2-c2ccccc21. The monoisotopic (exact) mass is 584 g/mol. The second-order valence-electron chi connectivity index (χ2n) is 9.16. The molecule has 4 aromatic carbocycles. The minimum Gasteiger partial charge on any atom is -0.295 e. The third-order valence-electron chi connectivity index (χ3n) is 6.78. The standard InChI is InChI=1S/C31H28N2.C2H5I/c32-24-31(29-18-9-7-16-27(29)28-17-8-10-19-30(28)31)20-11-21-33(22-25-12-3-1-4-13-25)23-26-14-5-2-6-15-26;1-2-3/h1-10,12-19H,11,20-23H2;2H2,1H3. The quantitative estimate of drug-likeness (QED) is 0.154. The van der Waals surface area contributed by atoms with Gasteiger partial charge < -0.3 is 0 Å².